The van der Waals surface area contributed by atoms with E-state index in [-0.39, 0.29) is 12.2 Å². The van der Waals surface area contributed by atoms with Crippen molar-refractivity contribution in [2.24, 2.45) is 0 Å². The number of ether oxygens (including phenoxy) is 3. The van der Waals surface area contributed by atoms with Crippen molar-refractivity contribution in [3.8, 4) is 11.5 Å². The molecule has 1 aromatic carbocycles. The lowest BCUT2D eigenvalue weighted by Gasteiger charge is -2.12. The normalized spacial score (nSPS) is 13.7. The first kappa shape index (κ1) is 18.6. The molecule has 0 amide bonds. The van der Waals surface area contributed by atoms with Gasteiger partial charge in [0.1, 0.15) is 6.61 Å². The minimum atomic E-state index is -0.129. The summed E-state index contributed by atoms with van der Waals surface area (Å²) in [6.45, 7) is 3.77. The lowest BCUT2D eigenvalue weighted by atomic mass is 10.2. The Morgan fingerprint density at radius 3 is 2.80 bits per heavy atom. The average molecular weight is 407 g/mol. The molecule has 0 saturated carbocycles. The Morgan fingerprint density at radius 1 is 1.13 bits per heavy atom. The largest absolute Gasteiger partial charge is 0.490 e. The quantitative estimate of drug-likeness (QED) is 0.511. The third-order valence-corrected chi connectivity index (χ3v) is 5.07. The molecule has 1 aliphatic heterocycles. The summed E-state index contributed by atoms with van der Waals surface area (Å²) < 4.78 is 19.8. The number of methoxy groups -OCH3 is 1. The number of rotatable bonds is 4. The van der Waals surface area contributed by atoms with Gasteiger partial charge < -0.3 is 18.8 Å². The molecule has 4 aromatic rings. The predicted molar refractivity (Wildman–Crippen MR) is 109 cm³/mol. The molecule has 4 heterocycles. The summed E-state index contributed by atoms with van der Waals surface area (Å²) in [7, 11) is 1.58. The Kier molecular flexibility index (Phi) is 4.59. The van der Waals surface area contributed by atoms with Crippen LogP contribution in [-0.4, -0.2) is 44.5 Å². The van der Waals surface area contributed by atoms with E-state index < -0.39 is 0 Å². The standard InChI is InChI=1S/C21H21N5O4/c1-13-19-15(26-21(22-13)23-18(24-26)12-28-2)6-7-25(20(19)27)11-14-4-5-16-17(10-14)30-9-3-8-29-16/h4-7,10H,3,8-9,11-12H2,1-2H3. The van der Waals surface area contributed by atoms with Gasteiger partial charge in [-0.15, -0.1) is 5.10 Å². The van der Waals surface area contributed by atoms with Gasteiger partial charge in [-0.05, 0) is 30.7 Å². The summed E-state index contributed by atoms with van der Waals surface area (Å²) in [5.74, 6) is 2.43. The molecule has 0 aliphatic carbocycles. The van der Waals surface area contributed by atoms with Crippen molar-refractivity contribution in [2.75, 3.05) is 20.3 Å². The van der Waals surface area contributed by atoms with E-state index in [1.165, 1.54) is 0 Å². The molecule has 0 unspecified atom stereocenters. The van der Waals surface area contributed by atoms with Crippen molar-refractivity contribution in [3.63, 3.8) is 0 Å². The Labute approximate surface area is 171 Å². The number of aromatic nitrogens is 5. The summed E-state index contributed by atoms with van der Waals surface area (Å²) in [5.41, 5.74) is 2.12. The number of fused-ring (bicyclic) bond motifs is 4. The molecule has 0 spiro atoms. The van der Waals surface area contributed by atoms with E-state index >= 15 is 0 Å². The second kappa shape index (κ2) is 7.42. The van der Waals surface area contributed by atoms with E-state index in [9.17, 15) is 4.79 Å². The van der Waals surface area contributed by atoms with Crippen LogP contribution in [0.3, 0.4) is 0 Å². The van der Waals surface area contributed by atoms with Gasteiger partial charge in [-0.25, -0.2) is 4.98 Å². The van der Waals surface area contributed by atoms with Crippen molar-refractivity contribution < 1.29 is 14.2 Å². The molecule has 0 bridgehead atoms. The van der Waals surface area contributed by atoms with Gasteiger partial charge in [0.2, 0.25) is 0 Å². The van der Waals surface area contributed by atoms with E-state index in [2.05, 4.69) is 15.1 Å². The van der Waals surface area contributed by atoms with Crippen LogP contribution in [0.2, 0.25) is 0 Å². The Hall–Kier alpha value is -3.46. The van der Waals surface area contributed by atoms with E-state index in [1.807, 2.05) is 31.2 Å². The average Bonchev–Trinajstić information content (AvgIpc) is 2.98. The third kappa shape index (κ3) is 3.17. The van der Waals surface area contributed by atoms with Crippen LogP contribution >= 0.6 is 0 Å². The van der Waals surface area contributed by atoms with Crippen LogP contribution in [0.5, 0.6) is 11.5 Å². The summed E-state index contributed by atoms with van der Waals surface area (Å²) in [6, 6.07) is 7.64. The molecule has 5 rings (SSSR count). The zero-order chi connectivity index (χ0) is 20.7. The summed E-state index contributed by atoms with van der Waals surface area (Å²) >= 11 is 0. The van der Waals surface area contributed by atoms with E-state index in [0.717, 1.165) is 17.7 Å². The molecule has 154 valence electrons. The third-order valence-electron chi connectivity index (χ3n) is 5.07. The molecule has 1 aliphatic rings. The second-order valence-corrected chi connectivity index (χ2v) is 7.21. The minimum absolute atomic E-state index is 0.129. The van der Waals surface area contributed by atoms with E-state index in [4.69, 9.17) is 14.2 Å². The molecule has 0 atom stereocenters. The van der Waals surface area contributed by atoms with E-state index in [0.29, 0.717) is 53.7 Å². The van der Waals surface area contributed by atoms with Crippen molar-refractivity contribution in [3.05, 3.63) is 57.9 Å². The zero-order valence-electron chi connectivity index (χ0n) is 16.8. The predicted octanol–water partition coefficient (Wildman–Crippen LogP) is 2.10. The second-order valence-electron chi connectivity index (χ2n) is 7.21. The molecule has 9 heteroatoms. The SMILES string of the molecule is COCc1nc2nc(C)c3c(=O)n(Cc4ccc5c(c4)OCCCO5)ccc3n2n1. The van der Waals surface area contributed by atoms with Crippen LogP contribution in [0, 0.1) is 6.92 Å². The highest BCUT2D eigenvalue weighted by Gasteiger charge is 2.16. The van der Waals surface area contributed by atoms with Crippen LogP contribution < -0.4 is 15.0 Å². The van der Waals surface area contributed by atoms with Crippen LogP contribution in [0.1, 0.15) is 23.5 Å². The molecule has 0 fully saturated rings. The fourth-order valence-corrected chi connectivity index (χ4v) is 3.68. The fraction of sp³-hybridized carbons (Fsp3) is 0.333. The van der Waals surface area contributed by atoms with Gasteiger partial charge in [-0.2, -0.15) is 9.50 Å². The molecular weight excluding hydrogens is 386 g/mol. The first-order valence-corrected chi connectivity index (χ1v) is 9.77. The number of benzene rings is 1. The smallest absolute Gasteiger partial charge is 0.262 e. The highest BCUT2D eigenvalue weighted by atomic mass is 16.5. The van der Waals surface area contributed by atoms with Gasteiger partial charge in [0.05, 0.1) is 36.4 Å². The number of nitrogens with zero attached hydrogens (tertiary/aromatic N) is 5. The number of pyridine rings is 1. The molecule has 30 heavy (non-hydrogen) atoms. The first-order valence-electron chi connectivity index (χ1n) is 9.77. The number of aryl methyl sites for hydroxylation is 1. The van der Waals surface area contributed by atoms with Crippen molar-refractivity contribution in [1.29, 1.82) is 0 Å². The van der Waals surface area contributed by atoms with Crippen LogP contribution in [0.25, 0.3) is 16.7 Å². The molecule has 0 N–H and O–H groups in total. The first-order chi connectivity index (χ1) is 14.6. The lowest BCUT2D eigenvalue weighted by Crippen LogP contribution is -2.22. The fourth-order valence-electron chi connectivity index (χ4n) is 3.68. The monoisotopic (exact) mass is 407 g/mol. The Balaban J connectivity index is 1.57. The Bertz CT molecular complexity index is 1310. The summed E-state index contributed by atoms with van der Waals surface area (Å²) in [5, 5.41) is 4.94. The lowest BCUT2D eigenvalue weighted by molar-refractivity contribution is 0.178. The highest BCUT2D eigenvalue weighted by Crippen LogP contribution is 2.30. The van der Waals surface area contributed by atoms with E-state index in [1.54, 1.807) is 22.4 Å². The molecule has 3 aromatic heterocycles. The maximum atomic E-state index is 13.3. The van der Waals surface area contributed by atoms with Crippen molar-refractivity contribution >= 4 is 16.7 Å². The molecule has 0 radical (unpaired) electrons. The highest BCUT2D eigenvalue weighted by molar-refractivity contribution is 5.81. The van der Waals surface area contributed by atoms with Gasteiger partial charge in [0.15, 0.2) is 17.3 Å². The topological polar surface area (TPSA) is 92.8 Å². The summed E-state index contributed by atoms with van der Waals surface area (Å²) in [4.78, 5) is 22.1. The van der Waals surface area contributed by atoms with Crippen molar-refractivity contribution in [2.45, 2.75) is 26.5 Å². The summed E-state index contributed by atoms with van der Waals surface area (Å²) in [6.07, 6.45) is 2.62. The molecular formula is C21H21N5O4. The molecule has 0 saturated heterocycles. The van der Waals surface area contributed by atoms with Crippen LogP contribution in [-0.2, 0) is 17.9 Å². The maximum Gasteiger partial charge on any atom is 0.262 e. The zero-order valence-corrected chi connectivity index (χ0v) is 16.8. The molecule has 9 nitrogen and oxygen atoms in total. The van der Waals surface area contributed by atoms with Gasteiger partial charge in [-0.1, -0.05) is 6.07 Å². The van der Waals surface area contributed by atoms with Gasteiger partial charge in [0, 0.05) is 19.7 Å². The van der Waals surface area contributed by atoms with Gasteiger partial charge in [0.25, 0.3) is 11.3 Å². The van der Waals surface area contributed by atoms with Gasteiger partial charge in [-0.3, -0.25) is 4.79 Å². The minimum Gasteiger partial charge on any atom is -0.490 e. The number of hydrogen-bond donors (Lipinski definition) is 0. The van der Waals surface area contributed by atoms with Gasteiger partial charge >= 0.3 is 0 Å². The van der Waals surface area contributed by atoms with Crippen LogP contribution in [0.4, 0.5) is 0 Å². The Morgan fingerprint density at radius 2 is 1.97 bits per heavy atom. The maximum absolute atomic E-state index is 13.3. The van der Waals surface area contributed by atoms with Crippen molar-refractivity contribution in [1.82, 2.24) is 24.1 Å². The number of hydrogen-bond acceptors (Lipinski definition) is 7. The van der Waals surface area contributed by atoms with Crippen LogP contribution in [0.15, 0.2) is 35.3 Å².